The maximum absolute atomic E-state index is 12.8. The van der Waals surface area contributed by atoms with Crippen LogP contribution in [0.2, 0.25) is 0 Å². The summed E-state index contributed by atoms with van der Waals surface area (Å²) in [5, 5.41) is 3.62. The Labute approximate surface area is 138 Å². The second-order valence-electron chi connectivity index (χ2n) is 5.27. The second-order valence-corrected chi connectivity index (χ2v) is 6.43. The molecule has 112 valence electrons. The molecule has 1 aliphatic heterocycles. The first-order valence-corrected chi connectivity index (χ1v) is 8.38. The van der Waals surface area contributed by atoms with E-state index in [0.29, 0.717) is 11.3 Å². The van der Waals surface area contributed by atoms with Crippen molar-refractivity contribution >= 4 is 34.1 Å². The Morgan fingerprint density at radius 2 is 2.19 bits per heavy atom. The van der Waals surface area contributed by atoms with Crippen LogP contribution in [0.3, 0.4) is 0 Å². The lowest BCUT2D eigenvalue weighted by Crippen LogP contribution is -2.39. The largest absolute Gasteiger partial charge is 0.293 e. The zero-order valence-electron chi connectivity index (χ0n) is 12.1. The molecule has 0 spiro atoms. The summed E-state index contributed by atoms with van der Waals surface area (Å²) in [5.41, 5.74) is 9.79. The molecule has 0 radical (unpaired) electrons. The Morgan fingerprint density at radius 3 is 2.76 bits per heavy atom. The van der Waals surface area contributed by atoms with Gasteiger partial charge in [0.25, 0.3) is 0 Å². The van der Waals surface area contributed by atoms with Crippen molar-refractivity contribution in [3.63, 3.8) is 0 Å². The van der Waals surface area contributed by atoms with Crippen LogP contribution in [0.4, 0.5) is 5.69 Å². The topological polar surface area (TPSA) is 69.1 Å². The highest BCUT2D eigenvalue weighted by atomic mass is 125. The number of likely N-dealkylation sites (tertiary alicyclic amines) is 1. The highest BCUT2D eigenvalue weighted by molar-refractivity contribution is 14.1. The molecular formula is C15H19IN4O. The van der Waals surface area contributed by atoms with Crippen LogP contribution >= 0.6 is 22.6 Å². The highest BCUT2D eigenvalue weighted by Gasteiger charge is 2.28. The number of rotatable bonds is 6. The average Bonchev–Trinajstić information content (AvgIpc) is 3.00. The van der Waals surface area contributed by atoms with Gasteiger partial charge in [-0.2, -0.15) is 0 Å². The number of hydrogen-bond acceptors (Lipinski definition) is 3. The van der Waals surface area contributed by atoms with Gasteiger partial charge in [-0.3, -0.25) is 9.69 Å². The van der Waals surface area contributed by atoms with Crippen LogP contribution < -0.4 is 0 Å². The summed E-state index contributed by atoms with van der Waals surface area (Å²) in [6.07, 6.45) is 4.26. The van der Waals surface area contributed by atoms with Crippen LogP contribution in [-0.2, 0) is 0 Å². The summed E-state index contributed by atoms with van der Waals surface area (Å²) >= 11 is 2.11. The third-order valence-corrected chi connectivity index (χ3v) is 4.69. The molecule has 1 atom stereocenters. The van der Waals surface area contributed by atoms with Crippen molar-refractivity contribution in [1.29, 1.82) is 0 Å². The number of carbonyl (C=O) groups excluding carboxylic acids is 1. The Morgan fingerprint density at radius 1 is 1.48 bits per heavy atom. The van der Waals surface area contributed by atoms with E-state index in [1.54, 1.807) is 12.1 Å². The van der Waals surface area contributed by atoms with Gasteiger partial charge in [0.05, 0.1) is 11.7 Å². The van der Waals surface area contributed by atoms with Crippen LogP contribution in [0, 0.1) is 3.57 Å². The molecule has 1 aliphatic rings. The minimum absolute atomic E-state index is 0.0152. The number of halogens is 1. The maximum atomic E-state index is 12.8. The Balaban J connectivity index is 2.23. The fourth-order valence-corrected chi connectivity index (χ4v) is 3.41. The van der Waals surface area contributed by atoms with Gasteiger partial charge in [0, 0.05) is 14.0 Å². The third-order valence-electron chi connectivity index (χ3n) is 3.83. The number of hydrogen-bond donors (Lipinski definition) is 0. The number of ketones is 1. The van der Waals surface area contributed by atoms with E-state index in [1.165, 1.54) is 12.8 Å². The average molecular weight is 396 g/mol. The molecule has 1 fully saturated rings. The molecule has 0 saturated carbocycles. The van der Waals surface area contributed by atoms with Gasteiger partial charge in [-0.25, -0.2) is 0 Å². The van der Waals surface area contributed by atoms with Crippen LogP contribution in [0.5, 0.6) is 0 Å². The maximum Gasteiger partial charge on any atom is 0.179 e. The first-order chi connectivity index (χ1) is 10.2. The van der Waals surface area contributed by atoms with E-state index in [0.717, 1.165) is 29.5 Å². The molecule has 0 aliphatic carbocycles. The lowest BCUT2D eigenvalue weighted by Gasteiger charge is -2.26. The summed E-state index contributed by atoms with van der Waals surface area (Å²) in [6, 6.07) is 5.30. The smallest absolute Gasteiger partial charge is 0.179 e. The van der Waals surface area contributed by atoms with Crippen molar-refractivity contribution in [1.82, 2.24) is 4.90 Å². The van der Waals surface area contributed by atoms with E-state index >= 15 is 0 Å². The fourth-order valence-electron chi connectivity index (χ4n) is 2.79. The van der Waals surface area contributed by atoms with Gasteiger partial charge in [0.1, 0.15) is 0 Å². The van der Waals surface area contributed by atoms with Crippen LogP contribution in [0.15, 0.2) is 23.3 Å². The monoisotopic (exact) mass is 396 g/mol. The molecule has 0 N–H and O–H groups in total. The number of Topliss-reactive ketones (excluding diaryl/α,β-unsaturated/α-hetero) is 1. The van der Waals surface area contributed by atoms with Gasteiger partial charge in [0.15, 0.2) is 5.78 Å². The fraction of sp³-hybridized carbons (Fsp3) is 0.533. The molecule has 21 heavy (non-hydrogen) atoms. The van der Waals surface area contributed by atoms with Crippen molar-refractivity contribution in [2.24, 2.45) is 5.11 Å². The van der Waals surface area contributed by atoms with Crippen LogP contribution in [-0.4, -0.2) is 29.8 Å². The molecule has 5 nitrogen and oxygen atoms in total. The summed E-state index contributed by atoms with van der Waals surface area (Å²) in [5.74, 6) is 0.184. The molecule has 0 amide bonds. The lowest BCUT2D eigenvalue weighted by atomic mass is 9.99. The van der Waals surface area contributed by atoms with Gasteiger partial charge in [0.2, 0.25) is 0 Å². The zero-order valence-corrected chi connectivity index (χ0v) is 14.3. The van der Waals surface area contributed by atoms with Crippen molar-refractivity contribution in [2.45, 2.75) is 38.6 Å². The van der Waals surface area contributed by atoms with E-state index in [-0.39, 0.29) is 11.8 Å². The van der Waals surface area contributed by atoms with Crippen LogP contribution in [0.25, 0.3) is 10.4 Å². The van der Waals surface area contributed by atoms with Gasteiger partial charge < -0.3 is 0 Å². The third kappa shape index (κ3) is 3.96. The minimum atomic E-state index is -0.0152. The molecule has 1 heterocycles. The summed E-state index contributed by atoms with van der Waals surface area (Å²) in [4.78, 5) is 17.9. The first-order valence-electron chi connectivity index (χ1n) is 7.30. The number of carbonyl (C=O) groups is 1. The van der Waals surface area contributed by atoms with E-state index in [9.17, 15) is 4.79 Å². The van der Waals surface area contributed by atoms with Crippen molar-refractivity contribution in [3.05, 3.63) is 37.8 Å². The van der Waals surface area contributed by atoms with Gasteiger partial charge in [-0.05, 0) is 66.5 Å². The van der Waals surface area contributed by atoms with Crippen LogP contribution in [0.1, 0.15) is 43.0 Å². The predicted molar refractivity (Wildman–Crippen MR) is 91.8 cm³/mol. The van der Waals surface area contributed by atoms with Crippen molar-refractivity contribution in [3.8, 4) is 0 Å². The molecule has 0 aromatic heterocycles. The standard InChI is InChI=1S/C15H19IN4O/c1-2-5-14(20-8-3-4-9-20)15(21)11-6-7-13(18-19-17)12(16)10-11/h6-7,10,14H,2-5,8-9H2,1H3/i16-2. The molecule has 1 aromatic rings. The Hall–Kier alpha value is -1.11. The van der Waals surface area contributed by atoms with E-state index in [2.05, 4.69) is 44.4 Å². The molecule has 1 saturated heterocycles. The summed E-state index contributed by atoms with van der Waals surface area (Å²) in [6.45, 7) is 4.15. The van der Waals surface area contributed by atoms with E-state index in [4.69, 9.17) is 5.53 Å². The van der Waals surface area contributed by atoms with Crippen molar-refractivity contribution < 1.29 is 4.79 Å². The molecule has 6 heteroatoms. The van der Waals surface area contributed by atoms with E-state index < -0.39 is 0 Å². The SMILES string of the molecule is CCCC(C(=O)c1ccc(N=[N+]=[N-])c([125I])c1)N1CCCC1. The Bertz CT molecular complexity index is 563. The molecule has 1 unspecified atom stereocenters. The predicted octanol–water partition coefficient (Wildman–Crippen LogP) is 4.68. The lowest BCUT2D eigenvalue weighted by molar-refractivity contribution is 0.0837. The highest BCUT2D eigenvalue weighted by Crippen LogP contribution is 2.25. The number of nitrogens with zero attached hydrogens (tertiary/aromatic N) is 4. The molecule has 0 bridgehead atoms. The van der Waals surface area contributed by atoms with Gasteiger partial charge in [-0.1, -0.05) is 30.6 Å². The normalized spacial score (nSPS) is 16.5. The summed E-state index contributed by atoms with van der Waals surface area (Å²) in [7, 11) is 0. The molecule has 2 rings (SSSR count). The van der Waals surface area contributed by atoms with Crippen molar-refractivity contribution in [2.75, 3.05) is 13.1 Å². The quantitative estimate of drug-likeness (QED) is 0.230. The Kier molecular flexibility index (Phi) is 6.02. The zero-order chi connectivity index (χ0) is 15.2. The second kappa shape index (κ2) is 7.77. The molecular weight excluding hydrogens is 377 g/mol. The summed E-state index contributed by atoms with van der Waals surface area (Å²) < 4.78 is 0.813. The first kappa shape index (κ1) is 16.3. The van der Waals surface area contributed by atoms with E-state index in [1.807, 2.05) is 6.07 Å². The van der Waals surface area contributed by atoms with Gasteiger partial charge in [-0.15, -0.1) is 0 Å². The molecule has 1 aromatic carbocycles. The van der Waals surface area contributed by atoms with Gasteiger partial charge >= 0.3 is 0 Å². The number of azide groups is 1. The minimum Gasteiger partial charge on any atom is -0.293 e. The number of benzene rings is 1.